The molecular formula is C12H23ClN2O. The molecule has 94 valence electrons. The number of nitrogens with two attached hydrogens (primary N) is 1. The van der Waals surface area contributed by atoms with Crippen molar-refractivity contribution in [1.82, 2.24) is 4.98 Å². The minimum atomic E-state index is 0.117. The van der Waals surface area contributed by atoms with Crippen LogP contribution in [-0.4, -0.2) is 11.1 Å². The van der Waals surface area contributed by atoms with E-state index in [4.69, 9.17) is 22.1 Å². The molecule has 0 spiro atoms. The maximum Gasteiger partial charge on any atom is 0.142 e. The molecule has 0 saturated heterocycles. The second-order valence-corrected chi connectivity index (χ2v) is 3.11. The highest BCUT2D eigenvalue weighted by Crippen LogP contribution is 2.21. The quantitative estimate of drug-likeness (QED) is 0.853. The van der Waals surface area contributed by atoms with Crippen molar-refractivity contribution in [3.8, 4) is 5.75 Å². The van der Waals surface area contributed by atoms with Gasteiger partial charge in [-0.1, -0.05) is 39.3 Å². The van der Waals surface area contributed by atoms with Crippen molar-refractivity contribution in [1.29, 1.82) is 0 Å². The third-order valence-electron chi connectivity index (χ3n) is 1.22. The lowest BCUT2D eigenvalue weighted by atomic mass is 10.4. The van der Waals surface area contributed by atoms with Gasteiger partial charge in [0.2, 0.25) is 0 Å². The van der Waals surface area contributed by atoms with Crippen molar-refractivity contribution in [2.45, 2.75) is 47.6 Å². The van der Waals surface area contributed by atoms with E-state index in [0.29, 0.717) is 16.6 Å². The summed E-state index contributed by atoms with van der Waals surface area (Å²) in [6.45, 7) is 11.9. The highest BCUT2D eigenvalue weighted by atomic mass is 35.5. The van der Waals surface area contributed by atoms with Gasteiger partial charge in [-0.3, -0.25) is 0 Å². The molecule has 0 atom stereocenters. The molecule has 0 amide bonds. The van der Waals surface area contributed by atoms with Gasteiger partial charge < -0.3 is 10.5 Å². The SMILES string of the molecule is CC.CC.CC(C)Oc1cnc(N)c(Cl)c1. The van der Waals surface area contributed by atoms with Crippen LogP contribution in [0.5, 0.6) is 5.75 Å². The Hall–Kier alpha value is -0.960. The summed E-state index contributed by atoms with van der Waals surface area (Å²) in [6.07, 6.45) is 1.67. The zero-order valence-corrected chi connectivity index (χ0v) is 11.8. The molecule has 3 nitrogen and oxygen atoms in total. The van der Waals surface area contributed by atoms with Crippen LogP contribution < -0.4 is 10.5 Å². The van der Waals surface area contributed by atoms with Crippen LogP contribution in [0.15, 0.2) is 12.3 Å². The molecule has 0 radical (unpaired) electrons. The van der Waals surface area contributed by atoms with Crippen LogP contribution in [0.4, 0.5) is 5.82 Å². The Morgan fingerprint density at radius 2 is 1.75 bits per heavy atom. The monoisotopic (exact) mass is 246 g/mol. The fraction of sp³-hybridized carbons (Fsp3) is 0.583. The van der Waals surface area contributed by atoms with E-state index < -0.39 is 0 Å². The average molecular weight is 247 g/mol. The lowest BCUT2D eigenvalue weighted by Gasteiger charge is -2.09. The van der Waals surface area contributed by atoms with Crippen molar-refractivity contribution in [3.05, 3.63) is 17.3 Å². The number of aromatic nitrogens is 1. The molecule has 0 aliphatic carbocycles. The van der Waals surface area contributed by atoms with Crippen molar-refractivity contribution < 1.29 is 4.74 Å². The Balaban J connectivity index is 0. The zero-order valence-electron chi connectivity index (χ0n) is 11.0. The molecular weight excluding hydrogens is 224 g/mol. The van der Waals surface area contributed by atoms with E-state index in [1.165, 1.54) is 0 Å². The second-order valence-electron chi connectivity index (χ2n) is 2.70. The van der Waals surface area contributed by atoms with E-state index in [-0.39, 0.29) is 6.10 Å². The van der Waals surface area contributed by atoms with Crippen molar-refractivity contribution in [2.24, 2.45) is 0 Å². The van der Waals surface area contributed by atoms with Gasteiger partial charge in [-0.2, -0.15) is 0 Å². The number of hydrogen-bond acceptors (Lipinski definition) is 3. The van der Waals surface area contributed by atoms with E-state index in [2.05, 4.69) is 4.98 Å². The smallest absolute Gasteiger partial charge is 0.142 e. The molecule has 2 N–H and O–H groups in total. The van der Waals surface area contributed by atoms with Crippen LogP contribution in [0.1, 0.15) is 41.5 Å². The van der Waals surface area contributed by atoms with Crippen molar-refractivity contribution in [2.75, 3.05) is 5.73 Å². The molecule has 0 bridgehead atoms. The van der Waals surface area contributed by atoms with Gasteiger partial charge in [0.05, 0.1) is 17.3 Å². The number of ether oxygens (including phenoxy) is 1. The fourth-order valence-electron chi connectivity index (χ4n) is 0.768. The molecule has 16 heavy (non-hydrogen) atoms. The topological polar surface area (TPSA) is 48.1 Å². The summed E-state index contributed by atoms with van der Waals surface area (Å²) in [7, 11) is 0. The van der Waals surface area contributed by atoms with Crippen LogP contribution >= 0.6 is 11.6 Å². The molecule has 0 aromatic carbocycles. The predicted molar refractivity (Wildman–Crippen MR) is 72.1 cm³/mol. The maximum absolute atomic E-state index is 5.73. The van der Waals surface area contributed by atoms with Crippen LogP contribution in [-0.2, 0) is 0 Å². The standard InChI is InChI=1S/C8H11ClN2O.2C2H6/c1-5(2)12-6-3-7(9)8(10)11-4-6;2*1-2/h3-5H,1-2H3,(H2,10,11);2*1-2H3. The molecule has 0 unspecified atom stereocenters. The van der Waals surface area contributed by atoms with Gasteiger partial charge in [-0.15, -0.1) is 0 Å². The van der Waals surface area contributed by atoms with Gasteiger partial charge in [0, 0.05) is 6.07 Å². The second kappa shape index (κ2) is 10.6. The molecule has 1 aromatic heterocycles. The van der Waals surface area contributed by atoms with Gasteiger partial charge in [-0.25, -0.2) is 4.98 Å². The lowest BCUT2D eigenvalue weighted by Crippen LogP contribution is -2.06. The molecule has 4 heteroatoms. The molecule has 0 fully saturated rings. The Kier molecular flexibility index (Phi) is 11.5. The van der Waals surface area contributed by atoms with E-state index in [0.717, 1.165) is 0 Å². The van der Waals surface area contributed by atoms with Gasteiger partial charge in [0.15, 0.2) is 0 Å². The first-order chi connectivity index (χ1) is 7.59. The lowest BCUT2D eigenvalue weighted by molar-refractivity contribution is 0.241. The van der Waals surface area contributed by atoms with Crippen LogP contribution in [0, 0.1) is 0 Å². The first-order valence-corrected chi connectivity index (χ1v) is 6.05. The Morgan fingerprint density at radius 1 is 1.25 bits per heavy atom. The number of anilines is 1. The predicted octanol–water partition coefficient (Wildman–Crippen LogP) is 4.16. The first-order valence-electron chi connectivity index (χ1n) is 5.67. The third kappa shape index (κ3) is 7.35. The number of hydrogen-bond donors (Lipinski definition) is 1. The number of nitrogens with zero attached hydrogens (tertiary/aromatic N) is 1. The summed E-state index contributed by atoms with van der Waals surface area (Å²) in [4.78, 5) is 3.85. The largest absolute Gasteiger partial charge is 0.489 e. The van der Waals surface area contributed by atoms with Crippen LogP contribution in [0.3, 0.4) is 0 Å². The third-order valence-corrected chi connectivity index (χ3v) is 1.52. The summed E-state index contributed by atoms with van der Waals surface area (Å²) in [5.41, 5.74) is 5.42. The van der Waals surface area contributed by atoms with Gasteiger partial charge in [0.25, 0.3) is 0 Å². The number of nitrogen functional groups attached to an aromatic ring is 1. The summed E-state index contributed by atoms with van der Waals surface area (Å²) >= 11 is 5.73. The summed E-state index contributed by atoms with van der Waals surface area (Å²) in [5.74, 6) is 0.969. The molecule has 0 saturated carbocycles. The number of pyridine rings is 1. The first kappa shape index (κ1) is 17.4. The minimum absolute atomic E-state index is 0.117. The highest BCUT2D eigenvalue weighted by Gasteiger charge is 2.01. The van der Waals surface area contributed by atoms with E-state index in [1.54, 1.807) is 12.3 Å². The maximum atomic E-state index is 5.73. The molecule has 1 rings (SSSR count). The summed E-state index contributed by atoms with van der Waals surface area (Å²) < 4.78 is 5.35. The number of rotatable bonds is 2. The zero-order chi connectivity index (χ0) is 13.1. The molecule has 1 aromatic rings. The fourth-order valence-corrected chi connectivity index (χ4v) is 0.924. The van der Waals surface area contributed by atoms with Crippen molar-refractivity contribution in [3.63, 3.8) is 0 Å². The Labute approximate surface area is 104 Å². The highest BCUT2D eigenvalue weighted by molar-refractivity contribution is 6.32. The summed E-state index contributed by atoms with van der Waals surface area (Å²) in [6, 6.07) is 1.66. The van der Waals surface area contributed by atoms with Gasteiger partial charge in [0.1, 0.15) is 11.6 Å². The molecule has 0 aliphatic rings. The van der Waals surface area contributed by atoms with E-state index in [1.807, 2.05) is 41.5 Å². The molecule has 0 aliphatic heterocycles. The average Bonchev–Trinajstić information content (AvgIpc) is 2.28. The molecule has 1 heterocycles. The van der Waals surface area contributed by atoms with Crippen LogP contribution in [0.2, 0.25) is 5.02 Å². The van der Waals surface area contributed by atoms with E-state index in [9.17, 15) is 0 Å². The van der Waals surface area contributed by atoms with Crippen LogP contribution in [0.25, 0.3) is 0 Å². The summed E-state index contributed by atoms with van der Waals surface area (Å²) in [5, 5.41) is 0.424. The van der Waals surface area contributed by atoms with Gasteiger partial charge in [-0.05, 0) is 13.8 Å². The normalized spacial score (nSPS) is 8.50. The Morgan fingerprint density at radius 3 is 2.12 bits per heavy atom. The van der Waals surface area contributed by atoms with E-state index >= 15 is 0 Å². The Bertz CT molecular complexity index is 278. The van der Waals surface area contributed by atoms with Gasteiger partial charge >= 0.3 is 0 Å². The number of halogens is 1. The van der Waals surface area contributed by atoms with Crippen molar-refractivity contribution >= 4 is 17.4 Å². The minimum Gasteiger partial charge on any atom is -0.489 e.